The zero-order valence-electron chi connectivity index (χ0n) is 11.4. The Kier molecular flexibility index (Phi) is 4.22. The Bertz CT molecular complexity index is 722. The van der Waals surface area contributed by atoms with Crippen LogP contribution in [0.4, 0.5) is 0 Å². The molecule has 2 aromatic carbocycles. The van der Waals surface area contributed by atoms with Crippen LogP contribution in [0.2, 0.25) is 5.02 Å². The molecule has 0 fully saturated rings. The van der Waals surface area contributed by atoms with Gasteiger partial charge in [-0.3, -0.25) is 0 Å². The van der Waals surface area contributed by atoms with Gasteiger partial charge in [0.1, 0.15) is 0 Å². The van der Waals surface area contributed by atoms with Crippen LogP contribution in [0.3, 0.4) is 0 Å². The van der Waals surface area contributed by atoms with Crippen molar-refractivity contribution >= 4 is 23.4 Å². The van der Waals surface area contributed by atoms with Crippen LogP contribution in [0.5, 0.6) is 0 Å². The number of nitrogens with zero attached hydrogens (tertiary/aromatic N) is 4. The summed E-state index contributed by atoms with van der Waals surface area (Å²) in [6.45, 7) is 2.06. The summed E-state index contributed by atoms with van der Waals surface area (Å²) in [5, 5.41) is 13.4. The predicted octanol–water partition coefficient (Wildman–Crippen LogP) is 3.92. The highest BCUT2D eigenvalue weighted by atomic mass is 35.5. The van der Waals surface area contributed by atoms with Crippen molar-refractivity contribution in [3.05, 3.63) is 64.7 Å². The van der Waals surface area contributed by atoms with Crippen LogP contribution in [0, 0.1) is 6.92 Å². The van der Waals surface area contributed by atoms with Crippen molar-refractivity contribution < 1.29 is 0 Å². The van der Waals surface area contributed by atoms with E-state index in [1.54, 1.807) is 16.4 Å². The predicted molar refractivity (Wildman–Crippen MR) is 84.9 cm³/mol. The molecule has 0 saturated heterocycles. The molecule has 0 amide bonds. The zero-order valence-corrected chi connectivity index (χ0v) is 13.0. The van der Waals surface area contributed by atoms with Crippen LogP contribution in [0.25, 0.3) is 5.69 Å². The molecule has 106 valence electrons. The van der Waals surface area contributed by atoms with Crippen molar-refractivity contribution in [3.8, 4) is 5.69 Å². The molecule has 0 spiro atoms. The fourth-order valence-electron chi connectivity index (χ4n) is 1.85. The second-order valence-corrected chi connectivity index (χ2v) is 6.00. The molecule has 0 aliphatic rings. The molecule has 6 heteroatoms. The van der Waals surface area contributed by atoms with E-state index in [2.05, 4.69) is 22.4 Å². The van der Waals surface area contributed by atoms with E-state index >= 15 is 0 Å². The zero-order chi connectivity index (χ0) is 14.7. The van der Waals surface area contributed by atoms with Crippen molar-refractivity contribution in [1.29, 1.82) is 0 Å². The Labute approximate surface area is 132 Å². The maximum absolute atomic E-state index is 5.89. The normalized spacial score (nSPS) is 10.8. The summed E-state index contributed by atoms with van der Waals surface area (Å²) >= 11 is 7.48. The van der Waals surface area contributed by atoms with Crippen molar-refractivity contribution in [2.45, 2.75) is 17.8 Å². The minimum atomic E-state index is 0.744. The van der Waals surface area contributed by atoms with Gasteiger partial charge >= 0.3 is 0 Å². The van der Waals surface area contributed by atoms with Gasteiger partial charge in [0.2, 0.25) is 5.16 Å². The maximum atomic E-state index is 5.89. The molecule has 3 rings (SSSR count). The van der Waals surface area contributed by atoms with Crippen LogP contribution in [-0.2, 0) is 5.75 Å². The Morgan fingerprint density at radius 1 is 1.05 bits per heavy atom. The summed E-state index contributed by atoms with van der Waals surface area (Å²) in [7, 11) is 0. The molecule has 21 heavy (non-hydrogen) atoms. The van der Waals surface area contributed by atoms with E-state index in [-0.39, 0.29) is 0 Å². The van der Waals surface area contributed by atoms with Gasteiger partial charge in [-0.15, -0.1) is 5.10 Å². The van der Waals surface area contributed by atoms with Crippen molar-refractivity contribution in [2.24, 2.45) is 0 Å². The number of hydrogen-bond donors (Lipinski definition) is 0. The lowest BCUT2D eigenvalue weighted by Crippen LogP contribution is -1.99. The molecule has 1 heterocycles. The summed E-state index contributed by atoms with van der Waals surface area (Å²) in [4.78, 5) is 0. The molecule has 1 aromatic heterocycles. The first-order valence-corrected chi connectivity index (χ1v) is 7.81. The highest BCUT2D eigenvalue weighted by molar-refractivity contribution is 7.98. The van der Waals surface area contributed by atoms with E-state index in [9.17, 15) is 0 Å². The van der Waals surface area contributed by atoms with Gasteiger partial charge in [0.05, 0.1) is 5.69 Å². The number of tetrazole rings is 1. The Balaban J connectivity index is 1.76. The third-order valence-electron chi connectivity index (χ3n) is 3.00. The van der Waals surface area contributed by atoms with Crippen LogP contribution in [-0.4, -0.2) is 20.2 Å². The maximum Gasteiger partial charge on any atom is 0.214 e. The SMILES string of the molecule is Cc1ccc(-n2nnnc2SCc2ccc(Cl)cc2)cc1. The van der Waals surface area contributed by atoms with Gasteiger partial charge in [-0.2, -0.15) is 4.68 Å². The highest BCUT2D eigenvalue weighted by Crippen LogP contribution is 2.23. The minimum Gasteiger partial charge on any atom is -0.188 e. The summed E-state index contributed by atoms with van der Waals surface area (Å²) in [6, 6.07) is 15.9. The van der Waals surface area contributed by atoms with Gasteiger partial charge in [-0.05, 0) is 47.2 Å². The standard InChI is InChI=1S/C15H13ClN4S/c1-11-2-8-14(9-3-11)20-15(17-18-19-20)21-10-12-4-6-13(16)7-5-12/h2-9H,10H2,1H3. The van der Waals surface area contributed by atoms with E-state index in [1.807, 2.05) is 48.5 Å². The summed E-state index contributed by atoms with van der Waals surface area (Å²) in [5.74, 6) is 0.795. The number of rotatable bonds is 4. The quantitative estimate of drug-likeness (QED) is 0.684. The summed E-state index contributed by atoms with van der Waals surface area (Å²) < 4.78 is 1.75. The van der Waals surface area contributed by atoms with E-state index in [1.165, 1.54) is 11.1 Å². The Morgan fingerprint density at radius 3 is 2.48 bits per heavy atom. The monoisotopic (exact) mass is 316 g/mol. The van der Waals surface area contributed by atoms with Gasteiger partial charge in [-0.1, -0.05) is 53.2 Å². The smallest absolute Gasteiger partial charge is 0.188 e. The molecule has 3 aromatic rings. The van der Waals surface area contributed by atoms with Crippen LogP contribution >= 0.6 is 23.4 Å². The van der Waals surface area contributed by atoms with Gasteiger partial charge in [0.25, 0.3) is 0 Å². The van der Waals surface area contributed by atoms with Crippen molar-refractivity contribution in [2.75, 3.05) is 0 Å². The van der Waals surface area contributed by atoms with E-state index < -0.39 is 0 Å². The molecule has 0 aliphatic carbocycles. The second kappa shape index (κ2) is 6.28. The van der Waals surface area contributed by atoms with Crippen LogP contribution in [0.15, 0.2) is 53.7 Å². The number of aryl methyl sites for hydroxylation is 1. The van der Waals surface area contributed by atoms with Gasteiger partial charge in [0, 0.05) is 10.8 Å². The van der Waals surface area contributed by atoms with Gasteiger partial charge in [0.15, 0.2) is 0 Å². The number of benzene rings is 2. The van der Waals surface area contributed by atoms with Gasteiger partial charge < -0.3 is 0 Å². The molecule has 0 aliphatic heterocycles. The molecular weight excluding hydrogens is 304 g/mol. The molecule has 0 bridgehead atoms. The molecule has 0 saturated carbocycles. The third kappa shape index (κ3) is 3.43. The highest BCUT2D eigenvalue weighted by Gasteiger charge is 2.09. The number of hydrogen-bond acceptors (Lipinski definition) is 4. The van der Waals surface area contributed by atoms with Crippen LogP contribution < -0.4 is 0 Å². The van der Waals surface area contributed by atoms with E-state index in [0.717, 1.165) is 21.6 Å². The first-order valence-electron chi connectivity index (χ1n) is 6.45. The minimum absolute atomic E-state index is 0.744. The number of aromatic nitrogens is 4. The Morgan fingerprint density at radius 2 is 1.76 bits per heavy atom. The lowest BCUT2D eigenvalue weighted by molar-refractivity contribution is 0.756. The lowest BCUT2D eigenvalue weighted by Gasteiger charge is -2.05. The molecule has 4 nitrogen and oxygen atoms in total. The lowest BCUT2D eigenvalue weighted by atomic mass is 10.2. The molecular formula is C15H13ClN4S. The first-order chi connectivity index (χ1) is 10.2. The van der Waals surface area contributed by atoms with Gasteiger partial charge in [-0.25, -0.2) is 0 Å². The average molecular weight is 317 g/mol. The molecule has 0 atom stereocenters. The number of halogens is 1. The topological polar surface area (TPSA) is 43.6 Å². The summed E-state index contributed by atoms with van der Waals surface area (Å²) in [5.41, 5.74) is 3.36. The first kappa shape index (κ1) is 14.1. The fourth-order valence-corrected chi connectivity index (χ4v) is 2.82. The third-order valence-corrected chi connectivity index (χ3v) is 4.24. The van der Waals surface area contributed by atoms with Crippen LogP contribution in [0.1, 0.15) is 11.1 Å². The summed E-state index contributed by atoms with van der Waals surface area (Å²) in [6.07, 6.45) is 0. The van der Waals surface area contributed by atoms with Crippen molar-refractivity contribution in [1.82, 2.24) is 20.2 Å². The molecule has 0 radical (unpaired) electrons. The van der Waals surface area contributed by atoms with E-state index in [4.69, 9.17) is 11.6 Å². The fraction of sp³-hybridized carbons (Fsp3) is 0.133. The molecule has 0 unspecified atom stereocenters. The average Bonchev–Trinajstić information content (AvgIpc) is 2.96. The number of thioether (sulfide) groups is 1. The second-order valence-electron chi connectivity index (χ2n) is 4.62. The Hall–Kier alpha value is -1.85. The largest absolute Gasteiger partial charge is 0.214 e. The molecule has 0 N–H and O–H groups in total. The van der Waals surface area contributed by atoms with E-state index in [0.29, 0.717) is 0 Å². The van der Waals surface area contributed by atoms with Crippen molar-refractivity contribution in [3.63, 3.8) is 0 Å².